The number of nitrogens with one attached hydrogen (secondary N) is 1. The molecule has 4 nitrogen and oxygen atoms in total. The van der Waals surface area contributed by atoms with Gasteiger partial charge in [0.05, 0.1) is 29.6 Å². The van der Waals surface area contributed by atoms with Crippen molar-refractivity contribution in [1.82, 2.24) is 15.1 Å². The highest BCUT2D eigenvalue weighted by atomic mass is 35.5. The number of ether oxygens (including phenoxy) is 1. The van der Waals surface area contributed by atoms with Gasteiger partial charge in [-0.15, -0.1) is 0 Å². The molecule has 0 saturated carbocycles. The molecule has 0 amide bonds. The quantitative estimate of drug-likeness (QED) is 0.941. The standard InChI is InChI=1S/C16H20ClN3O/c1-10(2)20-16(13(17)9-19-20)15(18-3)12-4-5-14-11(8-12)6-7-21-14/h4-5,8-10,15,18H,6-7H2,1-3H3. The first-order valence-electron chi connectivity index (χ1n) is 7.27. The molecule has 1 aromatic carbocycles. The Hall–Kier alpha value is -1.52. The molecule has 1 aliphatic heterocycles. The molecule has 0 saturated heterocycles. The number of benzene rings is 1. The van der Waals surface area contributed by atoms with E-state index in [1.807, 2.05) is 17.8 Å². The molecule has 5 heteroatoms. The van der Waals surface area contributed by atoms with Crippen LogP contribution < -0.4 is 10.1 Å². The third-order valence-corrected chi connectivity index (χ3v) is 4.18. The molecular formula is C16H20ClN3O. The van der Waals surface area contributed by atoms with Gasteiger partial charge in [0.25, 0.3) is 0 Å². The maximum atomic E-state index is 6.38. The van der Waals surface area contributed by atoms with Gasteiger partial charge in [-0.2, -0.15) is 5.10 Å². The minimum absolute atomic E-state index is 0.0216. The molecular weight excluding hydrogens is 286 g/mol. The molecule has 0 radical (unpaired) electrons. The Morgan fingerprint density at radius 3 is 2.90 bits per heavy atom. The van der Waals surface area contributed by atoms with Crippen LogP contribution in [0.25, 0.3) is 0 Å². The van der Waals surface area contributed by atoms with Gasteiger partial charge in [0.2, 0.25) is 0 Å². The summed E-state index contributed by atoms with van der Waals surface area (Å²) in [6.07, 6.45) is 2.69. The van der Waals surface area contributed by atoms with Crippen molar-refractivity contribution in [2.75, 3.05) is 13.7 Å². The maximum absolute atomic E-state index is 6.38. The van der Waals surface area contributed by atoms with Crippen molar-refractivity contribution in [2.24, 2.45) is 0 Å². The van der Waals surface area contributed by atoms with Gasteiger partial charge in [-0.25, -0.2) is 0 Å². The van der Waals surface area contributed by atoms with E-state index in [1.165, 1.54) is 11.1 Å². The van der Waals surface area contributed by atoms with Gasteiger partial charge in [0.15, 0.2) is 0 Å². The van der Waals surface area contributed by atoms with E-state index in [4.69, 9.17) is 16.3 Å². The lowest BCUT2D eigenvalue weighted by molar-refractivity contribution is 0.356. The van der Waals surface area contributed by atoms with E-state index in [-0.39, 0.29) is 12.1 Å². The van der Waals surface area contributed by atoms with Gasteiger partial charge in [0, 0.05) is 12.5 Å². The van der Waals surface area contributed by atoms with Crippen LogP contribution in [-0.4, -0.2) is 23.4 Å². The fraction of sp³-hybridized carbons (Fsp3) is 0.438. The number of halogens is 1. The van der Waals surface area contributed by atoms with Gasteiger partial charge in [-0.3, -0.25) is 4.68 Å². The van der Waals surface area contributed by atoms with Crippen LogP contribution in [0.4, 0.5) is 0 Å². The van der Waals surface area contributed by atoms with Crippen LogP contribution in [0.15, 0.2) is 24.4 Å². The monoisotopic (exact) mass is 305 g/mol. The molecule has 1 N–H and O–H groups in total. The normalized spacial score (nSPS) is 15.1. The van der Waals surface area contributed by atoms with Crippen molar-refractivity contribution in [3.05, 3.63) is 46.2 Å². The molecule has 1 unspecified atom stereocenters. The molecule has 0 aliphatic carbocycles. The first kappa shape index (κ1) is 14.4. The van der Waals surface area contributed by atoms with E-state index in [2.05, 4.69) is 36.4 Å². The predicted molar refractivity (Wildman–Crippen MR) is 84.2 cm³/mol. The zero-order valence-electron chi connectivity index (χ0n) is 12.6. The molecule has 1 aromatic heterocycles. The van der Waals surface area contributed by atoms with Crippen LogP contribution in [0.2, 0.25) is 5.02 Å². The topological polar surface area (TPSA) is 39.1 Å². The lowest BCUT2D eigenvalue weighted by Crippen LogP contribution is -2.23. The summed E-state index contributed by atoms with van der Waals surface area (Å²) >= 11 is 6.38. The second kappa shape index (κ2) is 5.70. The van der Waals surface area contributed by atoms with Crippen molar-refractivity contribution in [3.8, 4) is 5.75 Å². The molecule has 0 spiro atoms. The Balaban J connectivity index is 2.05. The number of fused-ring (bicyclic) bond motifs is 1. The minimum Gasteiger partial charge on any atom is -0.493 e. The van der Waals surface area contributed by atoms with Crippen LogP contribution in [-0.2, 0) is 6.42 Å². The Morgan fingerprint density at radius 2 is 2.19 bits per heavy atom. The lowest BCUT2D eigenvalue weighted by Gasteiger charge is -2.21. The molecule has 112 valence electrons. The second-order valence-electron chi connectivity index (χ2n) is 5.60. The lowest BCUT2D eigenvalue weighted by atomic mass is 10.00. The van der Waals surface area contributed by atoms with Gasteiger partial charge < -0.3 is 10.1 Å². The summed E-state index contributed by atoms with van der Waals surface area (Å²) in [5, 5.41) is 8.46. The summed E-state index contributed by atoms with van der Waals surface area (Å²) in [6.45, 7) is 4.99. The number of nitrogens with zero attached hydrogens (tertiary/aromatic N) is 2. The smallest absolute Gasteiger partial charge is 0.122 e. The molecule has 3 rings (SSSR count). The average molecular weight is 306 g/mol. The molecule has 1 atom stereocenters. The Bertz CT molecular complexity index is 651. The zero-order chi connectivity index (χ0) is 15.0. The Kier molecular flexibility index (Phi) is 3.91. The van der Waals surface area contributed by atoms with E-state index in [0.29, 0.717) is 5.02 Å². The Morgan fingerprint density at radius 1 is 1.38 bits per heavy atom. The van der Waals surface area contributed by atoms with Crippen molar-refractivity contribution in [3.63, 3.8) is 0 Å². The number of rotatable bonds is 4. The van der Waals surface area contributed by atoms with Crippen molar-refractivity contribution in [1.29, 1.82) is 0 Å². The van der Waals surface area contributed by atoms with E-state index in [0.717, 1.165) is 24.5 Å². The van der Waals surface area contributed by atoms with E-state index >= 15 is 0 Å². The van der Waals surface area contributed by atoms with Gasteiger partial charge in [-0.1, -0.05) is 23.7 Å². The van der Waals surface area contributed by atoms with Crippen LogP contribution in [0.1, 0.15) is 42.8 Å². The van der Waals surface area contributed by atoms with Crippen LogP contribution in [0, 0.1) is 0 Å². The number of aromatic nitrogens is 2. The largest absolute Gasteiger partial charge is 0.493 e. The third kappa shape index (κ3) is 2.54. The highest BCUT2D eigenvalue weighted by molar-refractivity contribution is 6.31. The minimum atomic E-state index is 0.0216. The number of hydrogen-bond acceptors (Lipinski definition) is 3. The fourth-order valence-corrected chi connectivity index (χ4v) is 3.12. The average Bonchev–Trinajstić information content (AvgIpc) is 3.07. The second-order valence-corrected chi connectivity index (χ2v) is 6.01. The summed E-state index contributed by atoms with van der Waals surface area (Å²) in [7, 11) is 1.95. The third-order valence-electron chi connectivity index (χ3n) is 3.89. The van der Waals surface area contributed by atoms with Crippen LogP contribution in [0.3, 0.4) is 0 Å². The molecule has 2 heterocycles. The van der Waals surface area contributed by atoms with Crippen LogP contribution in [0.5, 0.6) is 5.75 Å². The highest BCUT2D eigenvalue weighted by Gasteiger charge is 2.23. The first-order chi connectivity index (χ1) is 10.1. The summed E-state index contributed by atoms with van der Waals surface area (Å²) in [4.78, 5) is 0. The van der Waals surface area contributed by atoms with E-state index in [1.54, 1.807) is 6.20 Å². The van der Waals surface area contributed by atoms with Crippen molar-refractivity contribution in [2.45, 2.75) is 32.4 Å². The van der Waals surface area contributed by atoms with E-state index in [9.17, 15) is 0 Å². The summed E-state index contributed by atoms with van der Waals surface area (Å²) in [6, 6.07) is 6.64. The SMILES string of the molecule is CNC(c1ccc2c(c1)CCO2)c1c(Cl)cnn1C(C)C. The Labute approximate surface area is 130 Å². The predicted octanol–water partition coefficient (Wildman–Crippen LogP) is 3.36. The first-order valence-corrected chi connectivity index (χ1v) is 7.65. The summed E-state index contributed by atoms with van der Waals surface area (Å²) in [5.41, 5.74) is 3.46. The summed E-state index contributed by atoms with van der Waals surface area (Å²) in [5.74, 6) is 0.997. The summed E-state index contributed by atoms with van der Waals surface area (Å²) < 4.78 is 7.56. The van der Waals surface area contributed by atoms with Crippen LogP contribution >= 0.6 is 11.6 Å². The van der Waals surface area contributed by atoms with Crippen molar-refractivity contribution < 1.29 is 4.74 Å². The molecule has 0 bridgehead atoms. The van der Waals surface area contributed by atoms with Gasteiger partial charge >= 0.3 is 0 Å². The highest BCUT2D eigenvalue weighted by Crippen LogP contribution is 2.33. The maximum Gasteiger partial charge on any atom is 0.122 e. The molecule has 0 fully saturated rings. The molecule has 1 aliphatic rings. The molecule has 2 aromatic rings. The number of hydrogen-bond donors (Lipinski definition) is 1. The molecule has 21 heavy (non-hydrogen) atoms. The van der Waals surface area contributed by atoms with Gasteiger partial charge in [-0.05, 0) is 38.1 Å². The fourth-order valence-electron chi connectivity index (χ4n) is 2.88. The van der Waals surface area contributed by atoms with Crippen molar-refractivity contribution >= 4 is 11.6 Å². The zero-order valence-corrected chi connectivity index (χ0v) is 13.3. The van der Waals surface area contributed by atoms with Gasteiger partial charge in [0.1, 0.15) is 5.75 Å². The van der Waals surface area contributed by atoms with E-state index < -0.39 is 0 Å².